The van der Waals surface area contributed by atoms with Gasteiger partial charge in [-0.2, -0.15) is 16.6 Å². The van der Waals surface area contributed by atoms with E-state index in [1.807, 2.05) is 22.9 Å². The molecule has 108 valence electrons. The normalized spacial score (nSPS) is 11.4. The summed E-state index contributed by atoms with van der Waals surface area (Å²) in [6.45, 7) is 0.530. The zero-order chi connectivity index (χ0) is 15.1. The topological polar surface area (TPSA) is 85.2 Å². The van der Waals surface area contributed by atoms with Crippen LogP contribution in [0.5, 0.6) is 0 Å². The van der Waals surface area contributed by atoms with Crippen molar-refractivity contribution in [3.63, 3.8) is 0 Å². The van der Waals surface area contributed by atoms with Gasteiger partial charge in [-0.15, -0.1) is 0 Å². The van der Waals surface area contributed by atoms with E-state index in [2.05, 4.69) is 10.6 Å². The molecule has 1 unspecified atom stereocenters. The third kappa shape index (κ3) is 4.60. The first-order valence-electron chi connectivity index (χ1n) is 6.40. The van der Waals surface area contributed by atoms with Crippen molar-refractivity contribution in [2.45, 2.75) is 12.6 Å². The molecule has 0 spiro atoms. The standard InChI is InChI=1S/C15H15N3O2S/c16-7-11-1-3-12(4-2-11)8-17-15(20)18-9-14(19)13-5-6-21-10-13/h1-6,10,14,19H,8-9H2,(H2,17,18,20). The van der Waals surface area contributed by atoms with Gasteiger partial charge in [0, 0.05) is 13.1 Å². The van der Waals surface area contributed by atoms with Gasteiger partial charge in [-0.25, -0.2) is 4.79 Å². The van der Waals surface area contributed by atoms with Crippen LogP contribution in [0.2, 0.25) is 0 Å². The molecular formula is C15H15N3O2S. The number of nitrogens with zero attached hydrogens (tertiary/aromatic N) is 1. The van der Waals surface area contributed by atoms with E-state index in [1.54, 1.807) is 24.3 Å². The number of aliphatic hydroxyl groups excluding tert-OH is 1. The van der Waals surface area contributed by atoms with Crippen molar-refractivity contribution in [3.8, 4) is 6.07 Å². The number of nitrogens with one attached hydrogen (secondary N) is 2. The highest BCUT2D eigenvalue weighted by molar-refractivity contribution is 7.07. The van der Waals surface area contributed by atoms with E-state index in [4.69, 9.17) is 5.26 Å². The third-order valence-electron chi connectivity index (χ3n) is 2.92. The van der Waals surface area contributed by atoms with Gasteiger partial charge in [-0.3, -0.25) is 0 Å². The molecule has 2 amide bonds. The molecule has 0 aliphatic carbocycles. The molecule has 2 rings (SSSR count). The van der Waals surface area contributed by atoms with Crippen LogP contribution in [0.3, 0.4) is 0 Å². The summed E-state index contributed by atoms with van der Waals surface area (Å²) in [5.41, 5.74) is 2.29. The van der Waals surface area contributed by atoms with Crippen LogP contribution in [0, 0.1) is 11.3 Å². The van der Waals surface area contributed by atoms with Gasteiger partial charge in [0.15, 0.2) is 0 Å². The number of carbonyl (C=O) groups is 1. The minimum atomic E-state index is -0.697. The van der Waals surface area contributed by atoms with E-state index in [-0.39, 0.29) is 12.6 Å². The fraction of sp³-hybridized carbons (Fsp3) is 0.200. The summed E-state index contributed by atoms with van der Waals surface area (Å²) in [7, 11) is 0. The lowest BCUT2D eigenvalue weighted by Gasteiger charge is -2.11. The maximum absolute atomic E-state index is 11.6. The molecule has 0 aliphatic heterocycles. The predicted octanol–water partition coefficient (Wildman–Crippen LogP) is 2.15. The van der Waals surface area contributed by atoms with Crippen molar-refractivity contribution in [1.29, 1.82) is 5.26 Å². The number of hydrogen-bond acceptors (Lipinski definition) is 4. The minimum absolute atomic E-state index is 0.163. The molecule has 1 aromatic heterocycles. The van der Waals surface area contributed by atoms with Crippen LogP contribution in [0.25, 0.3) is 0 Å². The lowest BCUT2D eigenvalue weighted by molar-refractivity contribution is 0.173. The Morgan fingerprint density at radius 1 is 1.29 bits per heavy atom. The Bertz CT molecular complexity index is 617. The molecule has 21 heavy (non-hydrogen) atoms. The van der Waals surface area contributed by atoms with Gasteiger partial charge in [0.05, 0.1) is 17.7 Å². The molecule has 1 aromatic carbocycles. The van der Waals surface area contributed by atoms with Crippen molar-refractivity contribution in [2.75, 3.05) is 6.54 Å². The molecule has 0 saturated carbocycles. The first kappa shape index (κ1) is 15.0. The Morgan fingerprint density at radius 3 is 2.67 bits per heavy atom. The highest BCUT2D eigenvalue weighted by Crippen LogP contribution is 2.14. The Labute approximate surface area is 126 Å². The molecule has 3 N–H and O–H groups in total. The fourth-order valence-corrected chi connectivity index (χ4v) is 2.42. The molecule has 0 fully saturated rings. The summed E-state index contributed by atoms with van der Waals surface area (Å²) in [6, 6.07) is 10.5. The predicted molar refractivity (Wildman–Crippen MR) is 80.7 cm³/mol. The van der Waals surface area contributed by atoms with E-state index in [9.17, 15) is 9.90 Å². The molecule has 1 heterocycles. The van der Waals surface area contributed by atoms with Crippen molar-refractivity contribution in [3.05, 3.63) is 57.8 Å². The van der Waals surface area contributed by atoms with Gasteiger partial charge >= 0.3 is 6.03 Å². The van der Waals surface area contributed by atoms with Crippen LogP contribution in [0.1, 0.15) is 22.8 Å². The van der Waals surface area contributed by atoms with Crippen molar-refractivity contribution in [2.24, 2.45) is 0 Å². The highest BCUT2D eigenvalue weighted by Gasteiger charge is 2.09. The average molecular weight is 301 g/mol. The molecule has 6 heteroatoms. The van der Waals surface area contributed by atoms with Crippen LogP contribution in [-0.2, 0) is 6.54 Å². The quantitative estimate of drug-likeness (QED) is 0.791. The maximum Gasteiger partial charge on any atom is 0.315 e. The Kier molecular flexibility index (Phi) is 5.32. The Balaban J connectivity index is 1.73. The zero-order valence-corrected chi connectivity index (χ0v) is 12.1. The van der Waals surface area contributed by atoms with Crippen LogP contribution in [0.4, 0.5) is 4.79 Å². The lowest BCUT2D eigenvalue weighted by atomic mass is 10.1. The number of urea groups is 1. The zero-order valence-electron chi connectivity index (χ0n) is 11.2. The average Bonchev–Trinajstić information content (AvgIpc) is 3.05. The van der Waals surface area contributed by atoms with Gasteiger partial charge in [0.1, 0.15) is 0 Å². The number of amides is 2. The number of hydrogen-bond donors (Lipinski definition) is 3. The van der Waals surface area contributed by atoms with E-state index < -0.39 is 6.10 Å². The lowest BCUT2D eigenvalue weighted by Crippen LogP contribution is -2.37. The van der Waals surface area contributed by atoms with Crippen LogP contribution in [-0.4, -0.2) is 17.7 Å². The number of thiophene rings is 1. The molecule has 1 atom stereocenters. The highest BCUT2D eigenvalue weighted by atomic mass is 32.1. The van der Waals surface area contributed by atoms with E-state index >= 15 is 0 Å². The largest absolute Gasteiger partial charge is 0.387 e. The van der Waals surface area contributed by atoms with Crippen molar-refractivity contribution >= 4 is 17.4 Å². The van der Waals surface area contributed by atoms with Gasteiger partial charge in [-0.1, -0.05) is 12.1 Å². The molecule has 2 aromatic rings. The Morgan fingerprint density at radius 2 is 2.05 bits per heavy atom. The number of benzene rings is 1. The van der Waals surface area contributed by atoms with Gasteiger partial charge in [-0.05, 0) is 40.1 Å². The first-order chi connectivity index (χ1) is 10.2. The van der Waals surface area contributed by atoms with Crippen LogP contribution in [0.15, 0.2) is 41.1 Å². The number of nitriles is 1. The number of rotatable bonds is 5. The molecular weight excluding hydrogens is 286 g/mol. The maximum atomic E-state index is 11.6. The van der Waals surface area contributed by atoms with Crippen molar-refractivity contribution < 1.29 is 9.90 Å². The summed E-state index contributed by atoms with van der Waals surface area (Å²) in [5.74, 6) is 0. The van der Waals surface area contributed by atoms with E-state index in [0.717, 1.165) is 11.1 Å². The number of aliphatic hydroxyl groups is 1. The molecule has 5 nitrogen and oxygen atoms in total. The molecule has 0 aliphatic rings. The number of carbonyl (C=O) groups excluding carboxylic acids is 1. The summed E-state index contributed by atoms with van der Waals surface area (Å²) in [6.07, 6.45) is -0.697. The van der Waals surface area contributed by atoms with Gasteiger partial charge in [0.25, 0.3) is 0 Å². The Hall–Kier alpha value is -2.36. The summed E-state index contributed by atoms with van der Waals surface area (Å²) in [5, 5.41) is 27.6. The third-order valence-corrected chi connectivity index (χ3v) is 3.62. The SMILES string of the molecule is N#Cc1ccc(CNC(=O)NCC(O)c2ccsc2)cc1. The second-order valence-corrected chi connectivity index (χ2v) is 5.22. The smallest absolute Gasteiger partial charge is 0.315 e. The van der Waals surface area contributed by atoms with Gasteiger partial charge in [0.2, 0.25) is 0 Å². The molecule has 0 saturated heterocycles. The van der Waals surface area contributed by atoms with Crippen molar-refractivity contribution in [1.82, 2.24) is 10.6 Å². The summed E-state index contributed by atoms with van der Waals surface area (Å²) < 4.78 is 0. The van der Waals surface area contributed by atoms with Crippen LogP contribution >= 0.6 is 11.3 Å². The van der Waals surface area contributed by atoms with Gasteiger partial charge < -0.3 is 15.7 Å². The fourth-order valence-electron chi connectivity index (χ4n) is 1.71. The van der Waals surface area contributed by atoms with E-state index in [1.165, 1.54) is 11.3 Å². The minimum Gasteiger partial charge on any atom is -0.387 e. The summed E-state index contributed by atoms with van der Waals surface area (Å²) in [4.78, 5) is 11.6. The molecule has 0 bridgehead atoms. The first-order valence-corrected chi connectivity index (χ1v) is 7.34. The molecule has 0 radical (unpaired) electrons. The van der Waals surface area contributed by atoms with Crippen LogP contribution < -0.4 is 10.6 Å². The van der Waals surface area contributed by atoms with E-state index in [0.29, 0.717) is 12.1 Å². The second kappa shape index (κ2) is 7.43. The second-order valence-electron chi connectivity index (χ2n) is 4.44. The monoisotopic (exact) mass is 301 g/mol. The summed E-state index contributed by atoms with van der Waals surface area (Å²) >= 11 is 1.50.